The molecule has 1 aliphatic rings. The summed E-state index contributed by atoms with van der Waals surface area (Å²) in [5.41, 5.74) is 2.49. The van der Waals surface area contributed by atoms with Gasteiger partial charge in [-0.3, -0.25) is 4.79 Å². The van der Waals surface area contributed by atoms with E-state index in [-0.39, 0.29) is 24.0 Å². The van der Waals surface area contributed by atoms with Gasteiger partial charge in [0.2, 0.25) is 0 Å². The molecule has 1 aliphatic heterocycles. The molecule has 8 nitrogen and oxygen atoms in total. The molecule has 1 saturated heterocycles. The Morgan fingerprint density at radius 3 is 2.92 bits per heavy atom. The summed E-state index contributed by atoms with van der Waals surface area (Å²) in [6, 6.07) is -0.126. The van der Waals surface area contributed by atoms with Crippen molar-refractivity contribution in [1.82, 2.24) is 20.1 Å². The molecule has 0 aromatic carbocycles. The van der Waals surface area contributed by atoms with Gasteiger partial charge in [0.15, 0.2) is 0 Å². The summed E-state index contributed by atoms with van der Waals surface area (Å²) in [5.74, 6) is 0.745. The van der Waals surface area contributed by atoms with Gasteiger partial charge in [0.1, 0.15) is 16.7 Å². The monoisotopic (exact) mass is 380 g/mol. The second kappa shape index (κ2) is 8.24. The fourth-order valence-electron chi connectivity index (χ4n) is 2.91. The first-order valence-corrected chi connectivity index (χ1v) is 9.49. The molecule has 1 amide bonds. The molecular weight excluding hydrogens is 356 g/mol. The minimum absolute atomic E-state index is 0.126. The molecule has 0 radical (unpaired) electrons. The molecule has 26 heavy (non-hydrogen) atoms. The van der Waals surface area contributed by atoms with Crippen LogP contribution in [0.2, 0.25) is 0 Å². The van der Waals surface area contributed by atoms with Gasteiger partial charge in [-0.2, -0.15) is 0 Å². The normalized spacial score (nSPS) is 20.5. The molecule has 0 unspecified atom stereocenters. The molecule has 0 bridgehead atoms. The molecule has 2 aromatic heterocycles. The quantitative estimate of drug-likeness (QED) is 0.821. The van der Waals surface area contributed by atoms with Crippen molar-refractivity contribution in [3.63, 3.8) is 0 Å². The van der Waals surface area contributed by atoms with Gasteiger partial charge in [-0.1, -0.05) is 23.5 Å². The van der Waals surface area contributed by atoms with Gasteiger partial charge < -0.3 is 19.3 Å². The molecule has 1 N–H and O–H groups in total. The lowest BCUT2D eigenvalue weighted by molar-refractivity contribution is -0.0739. The number of ether oxygens (including phenoxy) is 2. The van der Waals surface area contributed by atoms with Crippen LogP contribution >= 0.6 is 11.5 Å². The average Bonchev–Trinajstić information content (AvgIpc) is 3.22. The molecule has 9 heteroatoms. The molecule has 0 saturated carbocycles. The van der Waals surface area contributed by atoms with E-state index in [0.29, 0.717) is 31.1 Å². The lowest BCUT2D eigenvalue weighted by atomic mass is 10.0. The van der Waals surface area contributed by atoms with E-state index < -0.39 is 0 Å². The summed E-state index contributed by atoms with van der Waals surface area (Å²) in [5, 5.41) is 11.1. The summed E-state index contributed by atoms with van der Waals surface area (Å²) in [6.45, 7) is 9.14. The van der Waals surface area contributed by atoms with Gasteiger partial charge in [0, 0.05) is 12.2 Å². The number of carbonyl (C=O) groups excluding carboxylic acids is 1. The van der Waals surface area contributed by atoms with Crippen LogP contribution < -0.4 is 5.32 Å². The smallest absolute Gasteiger partial charge is 0.265 e. The lowest BCUT2D eigenvalue weighted by Crippen LogP contribution is -2.50. The van der Waals surface area contributed by atoms with Crippen molar-refractivity contribution in [2.24, 2.45) is 0 Å². The first kappa shape index (κ1) is 18.9. The Bertz CT molecular complexity index is 738. The van der Waals surface area contributed by atoms with Crippen molar-refractivity contribution in [3.8, 4) is 0 Å². The van der Waals surface area contributed by atoms with Crippen LogP contribution in [0, 0.1) is 13.8 Å². The van der Waals surface area contributed by atoms with Crippen molar-refractivity contribution in [2.75, 3.05) is 13.2 Å². The highest BCUT2D eigenvalue weighted by atomic mass is 32.1. The van der Waals surface area contributed by atoms with Crippen molar-refractivity contribution >= 4 is 17.4 Å². The zero-order valence-electron chi connectivity index (χ0n) is 15.4. The summed E-state index contributed by atoms with van der Waals surface area (Å²) in [6.07, 6.45) is 0.464. The third-order valence-corrected chi connectivity index (χ3v) is 5.25. The van der Waals surface area contributed by atoms with Crippen molar-refractivity contribution in [3.05, 3.63) is 27.6 Å². The standard InChI is InChI=1S/C17H24N4O4S/c1-9(2)15-16(26-21-19-15)17(22)18-13-5-6-23-8-14(13)24-7-12-10(3)20-25-11(12)4/h9,13-14H,5-8H2,1-4H3,(H,18,22)/t13-,14-/m1/s1. The van der Waals surface area contributed by atoms with Gasteiger partial charge in [-0.25, -0.2) is 0 Å². The highest BCUT2D eigenvalue weighted by Crippen LogP contribution is 2.22. The highest BCUT2D eigenvalue weighted by molar-refractivity contribution is 7.08. The number of aryl methyl sites for hydroxylation is 2. The number of rotatable bonds is 6. The van der Waals surface area contributed by atoms with E-state index in [0.717, 1.165) is 34.2 Å². The number of hydrogen-bond acceptors (Lipinski definition) is 8. The van der Waals surface area contributed by atoms with E-state index in [2.05, 4.69) is 20.1 Å². The van der Waals surface area contributed by atoms with Gasteiger partial charge in [-0.15, -0.1) is 5.10 Å². The van der Waals surface area contributed by atoms with Gasteiger partial charge in [0.25, 0.3) is 5.91 Å². The SMILES string of the molecule is Cc1noc(C)c1CO[C@@H]1COCC[C@H]1NC(=O)c1snnc1C(C)C. The van der Waals surface area contributed by atoms with Crippen molar-refractivity contribution in [2.45, 2.75) is 58.8 Å². The fraction of sp³-hybridized carbons (Fsp3) is 0.647. The van der Waals surface area contributed by atoms with Crippen LogP contribution in [0.1, 0.15) is 58.6 Å². The van der Waals surface area contributed by atoms with Crippen molar-refractivity contribution < 1.29 is 18.8 Å². The number of hydrogen-bond donors (Lipinski definition) is 1. The Kier molecular flexibility index (Phi) is 6.00. The maximum Gasteiger partial charge on any atom is 0.265 e. The van der Waals surface area contributed by atoms with Crippen LogP contribution in [0.3, 0.4) is 0 Å². The van der Waals surface area contributed by atoms with Crippen LogP contribution in [-0.4, -0.2) is 46.0 Å². The second-order valence-corrected chi connectivity index (χ2v) is 7.49. The summed E-state index contributed by atoms with van der Waals surface area (Å²) in [7, 11) is 0. The van der Waals surface area contributed by atoms with Crippen molar-refractivity contribution in [1.29, 1.82) is 0 Å². The maximum absolute atomic E-state index is 12.7. The van der Waals surface area contributed by atoms with Crippen LogP contribution in [0.25, 0.3) is 0 Å². The Morgan fingerprint density at radius 1 is 1.42 bits per heavy atom. The van der Waals surface area contributed by atoms with E-state index in [1.54, 1.807) is 0 Å². The second-order valence-electron chi connectivity index (χ2n) is 6.74. The minimum atomic E-state index is -0.232. The molecule has 3 rings (SSSR count). The summed E-state index contributed by atoms with van der Waals surface area (Å²) < 4.78 is 20.7. The molecule has 2 aromatic rings. The first-order valence-electron chi connectivity index (χ1n) is 8.71. The fourth-order valence-corrected chi connectivity index (χ4v) is 3.63. The lowest BCUT2D eigenvalue weighted by Gasteiger charge is -2.32. The zero-order valence-corrected chi connectivity index (χ0v) is 16.3. The van der Waals surface area contributed by atoms with E-state index in [1.807, 2.05) is 27.7 Å². The van der Waals surface area contributed by atoms with Gasteiger partial charge >= 0.3 is 0 Å². The number of nitrogens with zero attached hydrogens (tertiary/aromatic N) is 3. The summed E-state index contributed by atoms with van der Waals surface area (Å²) in [4.78, 5) is 13.2. The highest BCUT2D eigenvalue weighted by Gasteiger charge is 2.30. The minimum Gasteiger partial charge on any atom is -0.379 e. The molecule has 3 heterocycles. The number of nitrogens with one attached hydrogen (secondary N) is 1. The molecule has 0 aliphatic carbocycles. The predicted molar refractivity (Wildman–Crippen MR) is 95.2 cm³/mol. The number of aromatic nitrogens is 3. The topological polar surface area (TPSA) is 99.4 Å². The molecule has 0 spiro atoms. The van der Waals surface area contributed by atoms with Crippen LogP contribution in [0.15, 0.2) is 4.52 Å². The molecule has 1 fully saturated rings. The molecular formula is C17H24N4O4S. The van der Waals surface area contributed by atoms with Crippen LogP contribution in [0.4, 0.5) is 0 Å². The largest absolute Gasteiger partial charge is 0.379 e. The van der Waals surface area contributed by atoms with Gasteiger partial charge in [-0.05, 0) is 37.7 Å². The van der Waals surface area contributed by atoms with Crippen LogP contribution in [0.5, 0.6) is 0 Å². The molecule has 142 valence electrons. The Labute approximate surface area is 156 Å². The Hall–Kier alpha value is -1.84. The third-order valence-electron chi connectivity index (χ3n) is 4.51. The Balaban J connectivity index is 1.65. The van der Waals surface area contributed by atoms with E-state index in [9.17, 15) is 4.79 Å². The molecule has 2 atom stereocenters. The third kappa shape index (κ3) is 4.11. The first-order chi connectivity index (χ1) is 12.5. The maximum atomic E-state index is 12.7. The van der Waals surface area contributed by atoms with Gasteiger partial charge in [0.05, 0.1) is 30.6 Å². The number of carbonyl (C=O) groups is 1. The summed E-state index contributed by atoms with van der Waals surface area (Å²) >= 11 is 1.13. The van der Waals surface area contributed by atoms with E-state index >= 15 is 0 Å². The van der Waals surface area contributed by atoms with E-state index in [4.69, 9.17) is 14.0 Å². The zero-order chi connectivity index (χ0) is 18.7. The Morgan fingerprint density at radius 2 is 2.23 bits per heavy atom. The predicted octanol–water partition coefficient (Wildman–Crippen LogP) is 2.37. The number of amides is 1. The van der Waals surface area contributed by atoms with E-state index in [1.165, 1.54) is 0 Å². The van der Waals surface area contributed by atoms with Crippen LogP contribution in [-0.2, 0) is 16.1 Å². The average molecular weight is 380 g/mol.